The molecule has 1 amide bonds. The average molecular weight is 528 g/mol. The predicted molar refractivity (Wildman–Crippen MR) is 141 cm³/mol. The topological polar surface area (TPSA) is 111 Å². The molecule has 0 bridgehead atoms. The zero-order chi connectivity index (χ0) is 27.1. The first kappa shape index (κ1) is 24.7. The summed E-state index contributed by atoms with van der Waals surface area (Å²) in [6, 6.07) is 13.0. The van der Waals surface area contributed by atoms with E-state index in [-0.39, 0.29) is 18.0 Å². The largest absolute Gasteiger partial charge is 0.388 e. The summed E-state index contributed by atoms with van der Waals surface area (Å²) in [5.74, 6) is -0.614. The number of piperidine rings is 1. The Labute approximate surface area is 222 Å². The smallest absolute Gasteiger partial charge is 0.264 e. The molecule has 1 fully saturated rings. The summed E-state index contributed by atoms with van der Waals surface area (Å²) in [4.78, 5) is 32.1. The Balaban J connectivity index is 1.17. The number of fused-ring (bicyclic) bond motifs is 1. The number of carbonyl (C=O) groups excluding carboxylic acids is 1. The Morgan fingerprint density at radius 3 is 2.36 bits per heavy atom. The quantitative estimate of drug-likeness (QED) is 0.376. The van der Waals surface area contributed by atoms with E-state index >= 15 is 0 Å². The molecule has 0 atom stereocenters. The van der Waals surface area contributed by atoms with E-state index in [1.54, 1.807) is 20.5 Å². The monoisotopic (exact) mass is 527 g/mol. The highest BCUT2D eigenvalue weighted by molar-refractivity contribution is 5.94. The number of aliphatic hydroxyl groups is 1. The first-order valence-corrected chi connectivity index (χ1v) is 12.6. The second-order valence-electron chi connectivity index (χ2n) is 9.97. The van der Waals surface area contributed by atoms with E-state index in [4.69, 9.17) is 0 Å². The number of nitrogens with zero attached hydrogens (tertiary/aromatic N) is 7. The Morgan fingerprint density at radius 1 is 1.00 bits per heavy atom. The van der Waals surface area contributed by atoms with Crippen LogP contribution in [0.15, 0.2) is 78.2 Å². The van der Waals surface area contributed by atoms with Gasteiger partial charge in [-0.05, 0) is 73.9 Å². The lowest BCUT2D eigenvalue weighted by Gasteiger charge is -2.38. The van der Waals surface area contributed by atoms with Crippen molar-refractivity contribution in [1.29, 1.82) is 0 Å². The van der Waals surface area contributed by atoms with Gasteiger partial charge in [-0.15, -0.1) is 0 Å². The van der Waals surface area contributed by atoms with Crippen molar-refractivity contribution < 1.29 is 14.3 Å². The van der Waals surface area contributed by atoms with Crippen molar-refractivity contribution in [2.24, 2.45) is 0 Å². The SMILES string of the molecule is Cc1cnn(-c2ccc(-n3ncc4c(=O)n(CC5(O)CCN(C(=O)c6ccc(F)cc6)CC5)cnc43)cc2)c1. The number of hydrogen-bond acceptors (Lipinski definition) is 6. The zero-order valence-corrected chi connectivity index (χ0v) is 21.2. The fraction of sp³-hybridized carbons (Fsp3) is 0.250. The summed E-state index contributed by atoms with van der Waals surface area (Å²) in [6.45, 7) is 2.67. The van der Waals surface area contributed by atoms with Crippen molar-refractivity contribution in [2.45, 2.75) is 31.9 Å². The van der Waals surface area contributed by atoms with Crippen LogP contribution in [0.3, 0.4) is 0 Å². The number of aromatic nitrogens is 6. The van der Waals surface area contributed by atoms with Crippen LogP contribution in [0.2, 0.25) is 0 Å². The second-order valence-corrected chi connectivity index (χ2v) is 9.97. The molecular formula is C28H26FN7O3. The number of likely N-dealkylation sites (tertiary alicyclic amines) is 1. The first-order chi connectivity index (χ1) is 18.8. The Bertz CT molecular complexity index is 1710. The van der Waals surface area contributed by atoms with Crippen molar-refractivity contribution >= 4 is 16.9 Å². The third-order valence-electron chi connectivity index (χ3n) is 7.16. The predicted octanol–water partition coefficient (Wildman–Crippen LogP) is 2.88. The first-order valence-electron chi connectivity index (χ1n) is 12.6. The van der Waals surface area contributed by atoms with Crippen LogP contribution in [-0.4, -0.2) is 63.7 Å². The minimum atomic E-state index is -1.17. The van der Waals surface area contributed by atoms with E-state index in [1.165, 1.54) is 41.4 Å². The third-order valence-corrected chi connectivity index (χ3v) is 7.16. The summed E-state index contributed by atoms with van der Waals surface area (Å²) < 4.78 is 18.0. The van der Waals surface area contributed by atoms with Gasteiger partial charge in [0.25, 0.3) is 11.5 Å². The molecular weight excluding hydrogens is 501 g/mol. The van der Waals surface area contributed by atoms with Gasteiger partial charge in [0.05, 0.1) is 35.9 Å². The lowest BCUT2D eigenvalue weighted by atomic mass is 9.91. The van der Waals surface area contributed by atoms with Crippen molar-refractivity contribution in [3.8, 4) is 11.4 Å². The van der Waals surface area contributed by atoms with Crippen LogP contribution in [0, 0.1) is 12.7 Å². The van der Waals surface area contributed by atoms with Gasteiger partial charge in [0.2, 0.25) is 0 Å². The van der Waals surface area contributed by atoms with Crippen LogP contribution >= 0.6 is 0 Å². The van der Waals surface area contributed by atoms with E-state index in [2.05, 4.69) is 15.2 Å². The van der Waals surface area contributed by atoms with Crippen LogP contribution in [0.4, 0.5) is 4.39 Å². The van der Waals surface area contributed by atoms with E-state index in [1.807, 2.05) is 37.4 Å². The Morgan fingerprint density at radius 2 is 1.69 bits per heavy atom. The van der Waals surface area contributed by atoms with Crippen LogP contribution in [0.5, 0.6) is 0 Å². The highest BCUT2D eigenvalue weighted by Crippen LogP contribution is 2.25. The summed E-state index contributed by atoms with van der Waals surface area (Å²) in [6.07, 6.45) is 7.23. The molecule has 5 aromatic rings. The molecule has 0 unspecified atom stereocenters. The standard InChI is InChI=1S/C28H26FN7O3/c1-19-14-31-35(16-19)22-6-8-23(9-7-22)36-25-24(15-32-36)27(38)34(18-30-25)17-28(39)10-12-33(13-11-28)26(37)20-2-4-21(29)5-3-20/h2-9,14-16,18,39H,10-13,17H2,1H3. The number of amides is 1. The van der Waals surface area contributed by atoms with Crippen LogP contribution < -0.4 is 5.56 Å². The van der Waals surface area contributed by atoms with E-state index in [9.17, 15) is 19.1 Å². The van der Waals surface area contributed by atoms with Gasteiger partial charge >= 0.3 is 0 Å². The number of benzene rings is 2. The van der Waals surface area contributed by atoms with E-state index < -0.39 is 11.4 Å². The van der Waals surface area contributed by atoms with Crippen molar-refractivity contribution in [1.82, 2.24) is 34.0 Å². The van der Waals surface area contributed by atoms with Gasteiger partial charge in [-0.25, -0.2) is 18.7 Å². The lowest BCUT2D eigenvalue weighted by Crippen LogP contribution is -2.49. The fourth-order valence-electron chi connectivity index (χ4n) is 4.93. The number of carbonyl (C=O) groups is 1. The average Bonchev–Trinajstić information content (AvgIpc) is 3.58. The molecule has 10 nitrogen and oxygen atoms in total. The molecule has 1 aliphatic rings. The van der Waals surface area contributed by atoms with Gasteiger partial charge in [0, 0.05) is 24.8 Å². The van der Waals surface area contributed by atoms with Crippen molar-refractivity contribution in [3.63, 3.8) is 0 Å². The molecule has 0 spiro atoms. The number of halogens is 1. The minimum Gasteiger partial charge on any atom is -0.388 e. The van der Waals surface area contributed by atoms with Crippen LogP contribution in [0.25, 0.3) is 22.4 Å². The van der Waals surface area contributed by atoms with E-state index in [0.29, 0.717) is 42.5 Å². The molecule has 1 N–H and O–H groups in total. The summed E-state index contributed by atoms with van der Waals surface area (Å²) in [5, 5.41) is 20.3. The lowest BCUT2D eigenvalue weighted by molar-refractivity contribution is -0.0299. The Kier molecular flexibility index (Phi) is 6.07. The highest BCUT2D eigenvalue weighted by atomic mass is 19.1. The maximum absolute atomic E-state index is 13.3. The number of hydrogen-bond donors (Lipinski definition) is 1. The molecule has 0 radical (unpaired) electrons. The highest BCUT2D eigenvalue weighted by Gasteiger charge is 2.35. The summed E-state index contributed by atoms with van der Waals surface area (Å²) in [5.41, 5.74) is 2.06. The van der Waals surface area contributed by atoms with Gasteiger partial charge in [0.15, 0.2) is 5.65 Å². The van der Waals surface area contributed by atoms with Crippen molar-refractivity contribution in [3.05, 3.63) is 101 Å². The molecule has 0 aliphatic carbocycles. The molecule has 1 aliphatic heterocycles. The molecule has 1 saturated heterocycles. The fourth-order valence-corrected chi connectivity index (χ4v) is 4.93. The maximum atomic E-state index is 13.3. The Hall–Kier alpha value is -4.64. The van der Waals surface area contributed by atoms with Crippen molar-refractivity contribution in [2.75, 3.05) is 13.1 Å². The van der Waals surface area contributed by atoms with Crippen LogP contribution in [-0.2, 0) is 6.54 Å². The molecule has 2 aromatic carbocycles. The molecule has 11 heteroatoms. The normalized spacial score (nSPS) is 15.1. The van der Waals surface area contributed by atoms with Crippen LogP contribution in [0.1, 0.15) is 28.8 Å². The third kappa shape index (κ3) is 4.72. The molecule has 6 rings (SSSR count). The molecule has 0 saturated carbocycles. The summed E-state index contributed by atoms with van der Waals surface area (Å²) in [7, 11) is 0. The summed E-state index contributed by atoms with van der Waals surface area (Å²) >= 11 is 0. The van der Waals surface area contributed by atoms with Gasteiger partial charge < -0.3 is 10.0 Å². The maximum Gasteiger partial charge on any atom is 0.264 e. The minimum absolute atomic E-state index is 0.0521. The molecule has 39 heavy (non-hydrogen) atoms. The number of rotatable bonds is 5. The second kappa shape index (κ2) is 9.59. The van der Waals surface area contributed by atoms with Gasteiger partial charge in [-0.3, -0.25) is 14.2 Å². The molecule has 4 heterocycles. The van der Waals surface area contributed by atoms with Gasteiger partial charge in [0.1, 0.15) is 17.5 Å². The van der Waals surface area contributed by atoms with Gasteiger partial charge in [-0.2, -0.15) is 10.2 Å². The van der Waals surface area contributed by atoms with E-state index in [0.717, 1.165) is 16.9 Å². The molecule has 3 aromatic heterocycles. The van der Waals surface area contributed by atoms with Gasteiger partial charge in [-0.1, -0.05) is 0 Å². The zero-order valence-electron chi connectivity index (χ0n) is 21.2. The molecule has 198 valence electrons. The number of aryl methyl sites for hydroxylation is 1.